The zero-order valence-corrected chi connectivity index (χ0v) is 11.8. The van der Waals surface area contributed by atoms with Crippen LogP contribution in [0, 0.1) is 5.82 Å². The molecule has 5 heteroatoms. The van der Waals surface area contributed by atoms with E-state index in [2.05, 4.69) is 31.9 Å². The Morgan fingerprint density at radius 1 is 0.941 bits per heavy atom. The summed E-state index contributed by atoms with van der Waals surface area (Å²) in [6.45, 7) is 0. The van der Waals surface area contributed by atoms with Gasteiger partial charge in [0.2, 0.25) is 0 Å². The van der Waals surface area contributed by atoms with E-state index in [1.807, 2.05) is 0 Å². The molecule has 0 spiro atoms. The van der Waals surface area contributed by atoms with E-state index in [0.29, 0.717) is 15.9 Å². The molecule has 0 bridgehead atoms. The Kier molecular flexibility index (Phi) is 3.69. The van der Waals surface area contributed by atoms with E-state index in [4.69, 9.17) is 10.5 Å². The van der Waals surface area contributed by atoms with Crippen LogP contribution in [0.2, 0.25) is 0 Å². The van der Waals surface area contributed by atoms with Crippen LogP contribution in [0.4, 0.5) is 10.1 Å². The lowest BCUT2D eigenvalue weighted by molar-refractivity contribution is 0.443. The van der Waals surface area contributed by atoms with E-state index in [-0.39, 0.29) is 5.75 Å². The molecule has 0 unspecified atom stereocenters. The first kappa shape index (κ1) is 12.4. The van der Waals surface area contributed by atoms with Crippen molar-refractivity contribution in [2.24, 2.45) is 0 Å². The molecule has 2 nitrogen and oxygen atoms in total. The summed E-state index contributed by atoms with van der Waals surface area (Å²) >= 11 is 6.48. The molecule has 2 N–H and O–H groups in total. The third kappa shape index (κ3) is 2.98. The first-order valence-corrected chi connectivity index (χ1v) is 6.33. The Labute approximate surface area is 115 Å². The highest BCUT2D eigenvalue weighted by Crippen LogP contribution is 2.32. The molecule has 88 valence electrons. The average molecular weight is 361 g/mol. The molecule has 0 saturated heterocycles. The molecule has 0 radical (unpaired) electrons. The van der Waals surface area contributed by atoms with E-state index >= 15 is 0 Å². The highest BCUT2D eigenvalue weighted by molar-refractivity contribution is 9.10. The number of benzene rings is 2. The molecule has 0 atom stereocenters. The lowest BCUT2D eigenvalue weighted by Crippen LogP contribution is -1.93. The predicted molar refractivity (Wildman–Crippen MR) is 72.7 cm³/mol. The summed E-state index contributed by atoms with van der Waals surface area (Å²) in [5, 5.41) is 0. The Morgan fingerprint density at radius 2 is 1.59 bits per heavy atom. The second-order valence-corrected chi connectivity index (χ2v) is 5.19. The van der Waals surface area contributed by atoms with Gasteiger partial charge in [-0.2, -0.15) is 0 Å². The van der Waals surface area contributed by atoms with Gasteiger partial charge in [-0.15, -0.1) is 0 Å². The molecule has 0 saturated carbocycles. The molecule has 0 amide bonds. The smallest absolute Gasteiger partial charge is 0.166 e. The van der Waals surface area contributed by atoms with Crippen molar-refractivity contribution in [2.45, 2.75) is 0 Å². The van der Waals surface area contributed by atoms with Crippen molar-refractivity contribution in [2.75, 3.05) is 5.73 Å². The topological polar surface area (TPSA) is 35.2 Å². The van der Waals surface area contributed by atoms with Crippen LogP contribution in [0.3, 0.4) is 0 Å². The number of ether oxygens (including phenoxy) is 1. The van der Waals surface area contributed by atoms with Crippen molar-refractivity contribution in [1.82, 2.24) is 0 Å². The third-order valence-electron chi connectivity index (χ3n) is 2.09. The van der Waals surface area contributed by atoms with Gasteiger partial charge in [-0.1, -0.05) is 31.9 Å². The van der Waals surface area contributed by atoms with Gasteiger partial charge in [-0.05, 0) is 36.4 Å². The van der Waals surface area contributed by atoms with E-state index < -0.39 is 5.82 Å². The summed E-state index contributed by atoms with van der Waals surface area (Å²) in [7, 11) is 0. The molecule has 0 heterocycles. The Morgan fingerprint density at radius 3 is 2.29 bits per heavy atom. The second-order valence-electron chi connectivity index (χ2n) is 3.36. The predicted octanol–water partition coefficient (Wildman–Crippen LogP) is 4.73. The maximum Gasteiger partial charge on any atom is 0.166 e. The quantitative estimate of drug-likeness (QED) is 0.786. The SMILES string of the molecule is Nc1ccc(Br)cc1Oc1ccc(Br)cc1F. The van der Waals surface area contributed by atoms with Gasteiger partial charge in [0.1, 0.15) is 0 Å². The summed E-state index contributed by atoms with van der Waals surface area (Å²) in [6.07, 6.45) is 0. The van der Waals surface area contributed by atoms with Crippen molar-refractivity contribution >= 4 is 37.5 Å². The Balaban J connectivity index is 2.34. The monoisotopic (exact) mass is 359 g/mol. The van der Waals surface area contributed by atoms with E-state index in [0.717, 1.165) is 4.47 Å². The normalized spacial score (nSPS) is 10.3. The first-order chi connectivity index (χ1) is 8.06. The molecule has 0 aliphatic carbocycles. The summed E-state index contributed by atoms with van der Waals surface area (Å²) in [6, 6.07) is 9.75. The summed E-state index contributed by atoms with van der Waals surface area (Å²) in [4.78, 5) is 0. The van der Waals surface area contributed by atoms with Gasteiger partial charge in [0.25, 0.3) is 0 Å². The molecule has 2 rings (SSSR count). The van der Waals surface area contributed by atoms with Gasteiger partial charge in [-0.25, -0.2) is 4.39 Å². The van der Waals surface area contributed by atoms with Crippen molar-refractivity contribution in [3.8, 4) is 11.5 Å². The molecule has 0 fully saturated rings. The van der Waals surface area contributed by atoms with Gasteiger partial charge in [0.05, 0.1) is 5.69 Å². The molecule has 0 aliphatic rings. The van der Waals surface area contributed by atoms with Gasteiger partial charge >= 0.3 is 0 Å². The van der Waals surface area contributed by atoms with E-state index in [1.165, 1.54) is 6.07 Å². The number of halogens is 3. The van der Waals surface area contributed by atoms with Crippen LogP contribution in [0.25, 0.3) is 0 Å². The summed E-state index contributed by atoms with van der Waals surface area (Å²) in [5.41, 5.74) is 6.19. The van der Waals surface area contributed by atoms with E-state index in [1.54, 1.807) is 30.3 Å². The van der Waals surface area contributed by atoms with Crippen LogP contribution < -0.4 is 10.5 Å². The molecule has 2 aromatic carbocycles. The van der Waals surface area contributed by atoms with Gasteiger partial charge < -0.3 is 10.5 Å². The van der Waals surface area contributed by atoms with Crippen LogP contribution in [0.1, 0.15) is 0 Å². The maximum atomic E-state index is 13.6. The lowest BCUT2D eigenvalue weighted by Gasteiger charge is -2.09. The standard InChI is InChI=1S/C12H8Br2FNO/c13-7-2-4-11(9(15)5-7)17-12-6-8(14)1-3-10(12)16/h1-6H,16H2. The van der Waals surface area contributed by atoms with Crippen LogP contribution in [0.15, 0.2) is 45.3 Å². The number of hydrogen-bond donors (Lipinski definition) is 1. The van der Waals surface area contributed by atoms with Gasteiger partial charge in [0, 0.05) is 8.95 Å². The summed E-state index contributed by atoms with van der Waals surface area (Å²) in [5.74, 6) is 0.109. The largest absolute Gasteiger partial charge is 0.452 e. The fourth-order valence-electron chi connectivity index (χ4n) is 1.27. The van der Waals surface area contributed by atoms with Crippen molar-refractivity contribution < 1.29 is 9.13 Å². The first-order valence-electron chi connectivity index (χ1n) is 4.74. The van der Waals surface area contributed by atoms with Crippen LogP contribution in [-0.4, -0.2) is 0 Å². The Bertz CT molecular complexity index is 560. The maximum absolute atomic E-state index is 13.6. The van der Waals surface area contributed by atoms with Crippen LogP contribution in [0.5, 0.6) is 11.5 Å². The van der Waals surface area contributed by atoms with Crippen molar-refractivity contribution in [1.29, 1.82) is 0 Å². The second kappa shape index (κ2) is 5.06. The number of rotatable bonds is 2. The minimum Gasteiger partial charge on any atom is -0.452 e. The molecule has 0 aromatic heterocycles. The van der Waals surface area contributed by atoms with Crippen LogP contribution >= 0.6 is 31.9 Å². The zero-order valence-electron chi connectivity index (χ0n) is 8.58. The Hall–Kier alpha value is -1.07. The molecule has 0 aliphatic heterocycles. The molecule has 17 heavy (non-hydrogen) atoms. The summed E-state index contributed by atoms with van der Waals surface area (Å²) < 4.78 is 20.5. The van der Waals surface area contributed by atoms with E-state index in [9.17, 15) is 4.39 Å². The number of anilines is 1. The molecular formula is C12H8Br2FNO. The molecule has 2 aromatic rings. The van der Waals surface area contributed by atoms with Gasteiger partial charge in [-0.3, -0.25) is 0 Å². The lowest BCUT2D eigenvalue weighted by atomic mass is 10.3. The minimum atomic E-state index is -0.446. The van der Waals surface area contributed by atoms with Crippen LogP contribution in [-0.2, 0) is 0 Å². The molecular weight excluding hydrogens is 353 g/mol. The minimum absolute atomic E-state index is 0.137. The van der Waals surface area contributed by atoms with Gasteiger partial charge in [0.15, 0.2) is 17.3 Å². The third-order valence-corrected chi connectivity index (χ3v) is 3.08. The van der Waals surface area contributed by atoms with Crippen molar-refractivity contribution in [3.63, 3.8) is 0 Å². The number of hydrogen-bond acceptors (Lipinski definition) is 2. The zero-order chi connectivity index (χ0) is 12.4. The highest BCUT2D eigenvalue weighted by Gasteiger charge is 2.08. The number of nitrogens with two attached hydrogens (primary N) is 1. The van der Waals surface area contributed by atoms with Crippen molar-refractivity contribution in [3.05, 3.63) is 51.2 Å². The average Bonchev–Trinajstić information content (AvgIpc) is 2.27. The fourth-order valence-corrected chi connectivity index (χ4v) is 1.95. The fraction of sp³-hybridized carbons (Fsp3) is 0. The number of nitrogen functional groups attached to an aromatic ring is 1. The highest BCUT2D eigenvalue weighted by atomic mass is 79.9.